The predicted molar refractivity (Wildman–Crippen MR) is 92.1 cm³/mol. The zero-order chi connectivity index (χ0) is 16.2. The van der Waals surface area contributed by atoms with E-state index in [1.165, 1.54) is 0 Å². The Labute approximate surface area is 141 Å². The number of benzene rings is 1. The van der Waals surface area contributed by atoms with Crippen molar-refractivity contribution in [1.29, 1.82) is 0 Å². The Bertz CT molecular complexity index is 561. The molecular formula is C17H24N2O3S. The monoisotopic (exact) mass is 336 g/mol. The molecule has 0 aliphatic carbocycles. The number of thioether (sulfide) groups is 1. The first-order valence-electron chi connectivity index (χ1n) is 8.06. The molecule has 5 nitrogen and oxygen atoms in total. The van der Waals surface area contributed by atoms with Gasteiger partial charge < -0.3 is 19.7 Å². The number of hydrogen-bond acceptors (Lipinski definition) is 5. The molecule has 1 atom stereocenters. The highest BCUT2D eigenvalue weighted by Crippen LogP contribution is 2.42. The van der Waals surface area contributed by atoms with Crippen molar-refractivity contribution in [2.75, 3.05) is 39.6 Å². The van der Waals surface area contributed by atoms with Crippen molar-refractivity contribution in [2.24, 2.45) is 5.92 Å². The molecule has 1 unspecified atom stereocenters. The molecule has 0 spiro atoms. The molecule has 0 bridgehead atoms. The van der Waals surface area contributed by atoms with Crippen LogP contribution in [-0.4, -0.2) is 50.4 Å². The van der Waals surface area contributed by atoms with Crippen LogP contribution >= 0.6 is 11.8 Å². The van der Waals surface area contributed by atoms with Gasteiger partial charge in [-0.3, -0.25) is 4.79 Å². The van der Waals surface area contributed by atoms with E-state index >= 15 is 0 Å². The number of methoxy groups -OCH3 is 2. The first-order chi connectivity index (χ1) is 11.2. The molecule has 1 N–H and O–H groups in total. The summed E-state index contributed by atoms with van der Waals surface area (Å²) in [7, 11) is 3.27. The minimum atomic E-state index is 0.0807. The minimum Gasteiger partial charge on any atom is -0.493 e. The van der Waals surface area contributed by atoms with Gasteiger partial charge in [0.1, 0.15) is 5.37 Å². The van der Waals surface area contributed by atoms with E-state index < -0.39 is 0 Å². The number of nitrogens with zero attached hydrogens (tertiary/aromatic N) is 1. The maximum atomic E-state index is 12.3. The van der Waals surface area contributed by atoms with Gasteiger partial charge >= 0.3 is 0 Å². The van der Waals surface area contributed by atoms with Crippen LogP contribution in [0.25, 0.3) is 0 Å². The Morgan fingerprint density at radius 2 is 1.96 bits per heavy atom. The molecule has 2 fully saturated rings. The Hall–Kier alpha value is -1.40. The van der Waals surface area contributed by atoms with Gasteiger partial charge in [0, 0.05) is 6.54 Å². The van der Waals surface area contributed by atoms with Gasteiger partial charge in [-0.05, 0) is 49.5 Å². The van der Waals surface area contributed by atoms with Gasteiger partial charge in [0.25, 0.3) is 0 Å². The third-order valence-corrected chi connectivity index (χ3v) is 5.83. The van der Waals surface area contributed by atoms with Crippen LogP contribution in [0.2, 0.25) is 0 Å². The molecular weight excluding hydrogens is 312 g/mol. The lowest BCUT2D eigenvalue weighted by Crippen LogP contribution is -2.38. The summed E-state index contributed by atoms with van der Waals surface area (Å²) >= 11 is 1.70. The van der Waals surface area contributed by atoms with Gasteiger partial charge in [-0.2, -0.15) is 0 Å². The molecule has 23 heavy (non-hydrogen) atoms. The van der Waals surface area contributed by atoms with Gasteiger partial charge in [0.2, 0.25) is 5.91 Å². The van der Waals surface area contributed by atoms with Gasteiger partial charge in [-0.1, -0.05) is 6.07 Å². The average molecular weight is 336 g/mol. The lowest BCUT2D eigenvalue weighted by Gasteiger charge is -2.31. The van der Waals surface area contributed by atoms with Gasteiger partial charge in [-0.25, -0.2) is 0 Å². The fraction of sp³-hybridized carbons (Fsp3) is 0.588. The van der Waals surface area contributed by atoms with Crippen molar-refractivity contribution in [3.63, 3.8) is 0 Å². The van der Waals surface area contributed by atoms with Crippen LogP contribution in [-0.2, 0) is 4.79 Å². The van der Waals surface area contributed by atoms with Gasteiger partial charge in [-0.15, -0.1) is 11.8 Å². The van der Waals surface area contributed by atoms with E-state index in [1.807, 2.05) is 23.1 Å². The number of carbonyl (C=O) groups is 1. The number of piperidine rings is 1. The first kappa shape index (κ1) is 16.5. The van der Waals surface area contributed by atoms with Crippen LogP contribution in [0.4, 0.5) is 0 Å². The van der Waals surface area contributed by atoms with Crippen molar-refractivity contribution in [3.8, 4) is 11.5 Å². The largest absolute Gasteiger partial charge is 0.493 e. The summed E-state index contributed by atoms with van der Waals surface area (Å²) < 4.78 is 10.7. The third kappa shape index (κ3) is 3.58. The van der Waals surface area contributed by atoms with Crippen molar-refractivity contribution >= 4 is 17.7 Å². The lowest BCUT2D eigenvalue weighted by molar-refractivity contribution is -0.128. The summed E-state index contributed by atoms with van der Waals surface area (Å²) in [5.74, 6) is 2.83. The quantitative estimate of drug-likeness (QED) is 0.894. The zero-order valence-electron chi connectivity index (χ0n) is 13.7. The lowest BCUT2D eigenvalue weighted by atomic mass is 9.97. The number of rotatable bonds is 5. The van der Waals surface area contributed by atoms with E-state index in [4.69, 9.17) is 9.47 Å². The summed E-state index contributed by atoms with van der Waals surface area (Å²) in [5.41, 5.74) is 1.10. The fourth-order valence-corrected chi connectivity index (χ4v) is 4.47. The molecule has 2 heterocycles. The SMILES string of the molecule is COc1ccc(C2SCC(=O)N2CC2CCNCC2)cc1OC. The topological polar surface area (TPSA) is 50.8 Å². The number of nitrogens with one attached hydrogen (secondary N) is 1. The highest BCUT2D eigenvalue weighted by atomic mass is 32.2. The van der Waals surface area contributed by atoms with Crippen molar-refractivity contribution < 1.29 is 14.3 Å². The molecule has 6 heteroatoms. The highest BCUT2D eigenvalue weighted by molar-refractivity contribution is 8.00. The number of amides is 1. The molecule has 1 aromatic rings. The molecule has 1 aromatic carbocycles. The van der Waals surface area contributed by atoms with Crippen molar-refractivity contribution in [2.45, 2.75) is 18.2 Å². The minimum absolute atomic E-state index is 0.0807. The van der Waals surface area contributed by atoms with E-state index in [9.17, 15) is 4.79 Å². The van der Waals surface area contributed by atoms with E-state index in [0.29, 0.717) is 17.4 Å². The van der Waals surface area contributed by atoms with Crippen molar-refractivity contribution in [3.05, 3.63) is 23.8 Å². The zero-order valence-corrected chi connectivity index (χ0v) is 14.5. The average Bonchev–Trinajstić information content (AvgIpc) is 2.96. The summed E-state index contributed by atoms with van der Waals surface area (Å²) in [4.78, 5) is 14.4. The molecule has 1 amide bonds. The second kappa shape index (κ2) is 7.45. The van der Waals surface area contributed by atoms with Gasteiger partial charge in [0.05, 0.1) is 20.0 Å². The predicted octanol–water partition coefficient (Wildman–Crippen LogP) is 2.28. The summed E-state index contributed by atoms with van der Waals surface area (Å²) in [6, 6.07) is 5.94. The van der Waals surface area contributed by atoms with E-state index in [2.05, 4.69) is 5.32 Å². The Kier molecular flexibility index (Phi) is 5.33. The van der Waals surface area contributed by atoms with Crippen LogP contribution in [0.15, 0.2) is 18.2 Å². The molecule has 2 aliphatic heterocycles. The molecule has 0 saturated carbocycles. The van der Waals surface area contributed by atoms with E-state index in [1.54, 1.807) is 26.0 Å². The first-order valence-corrected chi connectivity index (χ1v) is 9.11. The smallest absolute Gasteiger partial charge is 0.233 e. The summed E-state index contributed by atoms with van der Waals surface area (Å²) in [5, 5.41) is 3.46. The van der Waals surface area contributed by atoms with Crippen LogP contribution in [0, 0.1) is 5.92 Å². The van der Waals surface area contributed by atoms with Crippen LogP contribution < -0.4 is 14.8 Å². The standard InChI is InChI=1S/C17H24N2O3S/c1-21-14-4-3-13(9-15(14)22-2)17-19(16(20)11-23-17)10-12-5-7-18-8-6-12/h3-4,9,12,17-18H,5-8,10-11H2,1-2H3. The van der Waals surface area contributed by atoms with Gasteiger partial charge in [0.15, 0.2) is 11.5 Å². The molecule has 3 rings (SSSR count). The second-order valence-corrected chi connectivity index (χ2v) is 7.09. The number of hydrogen-bond donors (Lipinski definition) is 1. The van der Waals surface area contributed by atoms with E-state index in [0.717, 1.165) is 43.8 Å². The third-order valence-electron chi connectivity index (χ3n) is 4.57. The van der Waals surface area contributed by atoms with Crippen molar-refractivity contribution in [1.82, 2.24) is 10.2 Å². The maximum Gasteiger partial charge on any atom is 0.233 e. The maximum absolute atomic E-state index is 12.3. The number of ether oxygens (including phenoxy) is 2. The molecule has 2 aliphatic rings. The summed E-state index contributed by atoms with van der Waals surface area (Å²) in [6.45, 7) is 2.97. The van der Waals surface area contributed by atoms with Crippen LogP contribution in [0.1, 0.15) is 23.8 Å². The van der Waals surface area contributed by atoms with Crippen LogP contribution in [0.5, 0.6) is 11.5 Å². The normalized spacial score (nSPS) is 22.4. The highest BCUT2D eigenvalue weighted by Gasteiger charge is 2.34. The molecule has 0 radical (unpaired) electrons. The Morgan fingerprint density at radius 3 is 2.65 bits per heavy atom. The van der Waals surface area contributed by atoms with E-state index in [-0.39, 0.29) is 11.3 Å². The fourth-order valence-electron chi connectivity index (χ4n) is 3.28. The Morgan fingerprint density at radius 1 is 1.22 bits per heavy atom. The Balaban J connectivity index is 1.78. The molecule has 2 saturated heterocycles. The summed E-state index contributed by atoms with van der Waals surface area (Å²) in [6.07, 6.45) is 2.29. The molecule has 126 valence electrons. The number of carbonyl (C=O) groups excluding carboxylic acids is 1. The second-order valence-electron chi connectivity index (χ2n) is 6.02. The molecule has 0 aromatic heterocycles. The van der Waals surface area contributed by atoms with Crippen LogP contribution in [0.3, 0.4) is 0 Å².